The molecule has 1 aromatic rings. The molecule has 0 bridgehead atoms. The van der Waals surface area contributed by atoms with Crippen molar-refractivity contribution in [3.63, 3.8) is 0 Å². The van der Waals surface area contributed by atoms with Gasteiger partial charge in [-0.2, -0.15) is 0 Å². The molecule has 2 atom stereocenters. The minimum atomic E-state index is 0. The molecule has 1 aromatic carbocycles. The summed E-state index contributed by atoms with van der Waals surface area (Å²) in [6.07, 6.45) is 2.67. The highest BCUT2D eigenvalue weighted by molar-refractivity contribution is 14.0. The van der Waals surface area contributed by atoms with Gasteiger partial charge in [0.2, 0.25) is 5.91 Å². The monoisotopic (exact) mass is 499 g/mol. The zero-order valence-corrected chi connectivity index (χ0v) is 19.6. The lowest BCUT2D eigenvalue weighted by molar-refractivity contribution is -0.129. The molecule has 0 spiro atoms. The highest BCUT2D eigenvalue weighted by atomic mass is 127. The number of hydrogen-bond donors (Lipinski definition) is 2. The van der Waals surface area contributed by atoms with Gasteiger partial charge in [-0.1, -0.05) is 25.1 Å². The molecule has 2 aliphatic heterocycles. The van der Waals surface area contributed by atoms with E-state index in [2.05, 4.69) is 53.6 Å². The molecule has 6 nitrogen and oxygen atoms in total. The second-order valence-electron chi connectivity index (χ2n) is 7.46. The van der Waals surface area contributed by atoms with Crippen molar-refractivity contribution in [1.82, 2.24) is 15.5 Å². The third-order valence-corrected chi connectivity index (χ3v) is 5.49. The first-order valence-electron chi connectivity index (χ1n) is 10.3. The molecule has 7 heteroatoms. The highest BCUT2D eigenvalue weighted by Crippen LogP contribution is 2.31. The summed E-state index contributed by atoms with van der Waals surface area (Å²) in [7, 11) is 0. The van der Waals surface area contributed by atoms with Gasteiger partial charge in [0, 0.05) is 50.4 Å². The molecule has 28 heavy (non-hydrogen) atoms. The lowest BCUT2D eigenvalue weighted by atomic mass is 10.1. The van der Waals surface area contributed by atoms with Gasteiger partial charge < -0.3 is 20.4 Å². The van der Waals surface area contributed by atoms with Crippen LogP contribution >= 0.6 is 24.0 Å². The Bertz CT molecular complexity index is 681. The maximum atomic E-state index is 11.9. The number of benzene rings is 1. The van der Waals surface area contributed by atoms with E-state index in [1.807, 2.05) is 11.8 Å². The standard InChI is InChI=1S/C21H33N5O.HI/c1-4-20(27)25-12-10-18(15-25)24-21(22-5-2)23-11-13-26-16(3)14-17-8-6-7-9-19(17)26;/h6-9,16,18H,4-5,10-15H2,1-3H3,(H2,22,23,24);1H. The predicted molar refractivity (Wildman–Crippen MR) is 127 cm³/mol. The first kappa shape index (κ1) is 22.8. The van der Waals surface area contributed by atoms with Gasteiger partial charge in [-0.3, -0.25) is 9.79 Å². The smallest absolute Gasteiger partial charge is 0.222 e. The zero-order valence-electron chi connectivity index (χ0n) is 17.3. The molecule has 0 saturated carbocycles. The van der Waals surface area contributed by atoms with Crippen LogP contribution in [-0.4, -0.2) is 61.6 Å². The Morgan fingerprint density at radius 1 is 1.29 bits per heavy atom. The van der Waals surface area contributed by atoms with Crippen molar-refractivity contribution in [2.24, 2.45) is 4.99 Å². The predicted octanol–water partition coefficient (Wildman–Crippen LogP) is 2.62. The van der Waals surface area contributed by atoms with Gasteiger partial charge in [-0.15, -0.1) is 24.0 Å². The van der Waals surface area contributed by atoms with Crippen molar-refractivity contribution in [2.45, 2.75) is 52.1 Å². The number of guanidine groups is 1. The van der Waals surface area contributed by atoms with Gasteiger partial charge in [-0.25, -0.2) is 0 Å². The maximum absolute atomic E-state index is 11.9. The minimum Gasteiger partial charge on any atom is -0.366 e. The number of rotatable bonds is 6. The van der Waals surface area contributed by atoms with E-state index in [4.69, 9.17) is 4.99 Å². The van der Waals surface area contributed by atoms with Crippen LogP contribution in [0.5, 0.6) is 0 Å². The number of carbonyl (C=O) groups is 1. The number of likely N-dealkylation sites (tertiary alicyclic amines) is 1. The summed E-state index contributed by atoms with van der Waals surface area (Å²) in [6.45, 7) is 10.4. The zero-order chi connectivity index (χ0) is 19.2. The van der Waals surface area contributed by atoms with Gasteiger partial charge >= 0.3 is 0 Å². The molecule has 3 rings (SSSR count). The van der Waals surface area contributed by atoms with Crippen LogP contribution in [0.2, 0.25) is 0 Å². The third-order valence-electron chi connectivity index (χ3n) is 5.49. The van der Waals surface area contributed by atoms with Gasteiger partial charge in [-0.05, 0) is 38.3 Å². The van der Waals surface area contributed by atoms with E-state index in [1.54, 1.807) is 0 Å². The lowest BCUT2D eigenvalue weighted by Crippen LogP contribution is -2.45. The lowest BCUT2D eigenvalue weighted by Gasteiger charge is -2.24. The second kappa shape index (κ2) is 10.9. The van der Waals surface area contributed by atoms with E-state index in [0.717, 1.165) is 51.5 Å². The van der Waals surface area contributed by atoms with Gasteiger partial charge in [0.05, 0.1) is 6.54 Å². The molecule has 2 aliphatic rings. The van der Waals surface area contributed by atoms with Gasteiger partial charge in [0.25, 0.3) is 0 Å². The van der Waals surface area contributed by atoms with Crippen LogP contribution in [0.1, 0.15) is 39.2 Å². The summed E-state index contributed by atoms with van der Waals surface area (Å²) in [5, 5.41) is 6.85. The number of halogens is 1. The molecule has 156 valence electrons. The van der Waals surface area contributed by atoms with Crippen molar-refractivity contribution in [3.8, 4) is 0 Å². The summed E-state index contributed by atoms with van der Waals surface area (Å²) in [5.41, 5.74) is 2.79. The van der Waals surface area contributed by atoms with E-state index in [1.165, 1.54) is 11.3 Å². The molecule has 2 N–H and O–H groups in total. The fraction of sp³-hybridized carbons (Fsp3) is 0.619. The largest absolute Gasteiger partial charge is 0.366 e. The van der Waals surface area contributed by atoms with E-state index in [0.29, 0.717) is 12.5 Å². The van der Waals surface area contributed by atoms with E-state index >= 15 is 0 Å². The molecule has 2 heterocycles. The van der Waals surface area contributed by atoms with E-state index in [9.17, 15) is 4.79 Å². The topological polar surface area (TPSA) is 60.0 Å². The normalized spacial score (nSPS) is 21.3. The van der Waals surface area contributed by atoms with Crippen LogP contribution in [0.25, 0.3) is 0 Å². The molecule has 1 saturated heterocycles. The molecular weight excluding hydrogens is 465 g/mol. The average molecular weight is 499 g/mol. The Balaban J connectivity index is 0.00000280. The number of nitrogens with one attached hydrogen (secondary N) is 2. The number of fused-ring (bicyclic) bond motifs is 1. The van der Waals surface area contributed by atoms with Crippen molar-refractivity contribution in [2.75, 3.05) is 37.6 Å². The molecule has 0 aromatic heterocycles. The number of amides is 1. The van der Waals surface area contributed by atoms with Crippen molar-refractivity contribution in [1.29, 1.82) is 0 Å². The number of hydrogen-bond acceptors (Lipinski definition) is 3. The average Bonchev–Trinajstić information content (AvgIpc) is 3.26. The maximum Gasteiger partial charge on any atom is 0.222 e. The Hall–Kier alpha value is -1.51. The quantitative estimate of drug-likeness (QED) is 0.359. The Morgan fingerprint density at radius 3 is 2.82 bits per heavy atom. The van der Waals surface area contributed by atoms with Crippen LogP contribution in [0, 0.1) is 0 Å². The molecule has 1 fully saturated rings. The summed E-state index contributed by atoms with van der Waals surface area (Å²) in [4.78, 5) is 21.1. The summed E-state index contributed by atoms with van der Waals surface area (Å²) < 4.78 is 0. The molecule has 2 unspecified atom stereocenters. The summed E-state index contributed by atoms with van der Waals surface area (Å²) in [5.74, 6) is 1.09. The van der Waals surface area contributed by atoms with Crippen LogP contribution in [0.3, 0.4) is 0 Å². The number of para-hydroxylation sites is 1. The van der Waals surface area contributed by atoms with Crippen LogP contribution in [0.15, 0.2) is 29.3 Å². The number of aliphatic imine (C=N–C) groups is 1. The molecular formula is C21H34IN5O. The van der Waals surface area contributed by atoms with Crippen LogP contribution in [-0.2, 0) is 11.2 Å². The van der Waals surface area contributed by atoms with Crippen molar-refractivity contribution >= 4 is 41.5 Å². The number of nitrogens with zero attached hydrogens (tertiary/aromatic N) is 3. The van der Waals surface area contributed by atoms with Crippen LogP contribution < -0.4 is 15.5 Å². The molecule has 1 amide bonds. The fourth-order valence-corrected chi connectivity index (χ4v) is 4.08. The summed E-state index contributed by atoms with van der Waals surface area (Å²) in [6, 6.07) is 9.48. The van der Waals surface area contributed by atoms with Crippen LogP contribution in [0.4, 0.5) is 5.69 Å². The summed E-state index contributed by atoms with van der Waals surface area (Å²) >= 11 is 0. The second-order valence-corrected chi connectivity index (χ2v) is 7.46. The van der Waals surface area contributed by atoms with Crippen molar-refractivity contribution in [3.05, 3.63) is 29.8 Å². The molecule has 0 aliphatic carbocycles. The SMILES string of the molecule is CCNC(=NCCN1c2ccccc2CC1C)NC1CCN(C(=O)CC)C1.I. The van der Waals surface area contributed by atoms with Gasteiger partial charge in [0.1, 0.15) is 0 Å². The highest BCUT2D eigenvalue weighted by Gasteiger charge is 2.26. The third kappa shape index (κ3) is 5.52. The Morgan fingerprint density at radius 2 is 2.07 bits per heavy atom. The number of anilines is 1. The first-order valence-corrected chi connectivity index (χ1v) is 10.3. The first-order chi connectivity index (χ1) is 13.1. The van der Waals surface area contributed by atoms with Crippen molar-refractivity contribution < 1.29 is 4.79 Å². The fourth-order valence-electron chi connectivity index (χ4n) is 4.08. The van der Waals surface area contributed by atoms with E-state index in [-0.39, 0.29) is 35.9 Å². The van der Waals surface area contributed by atoms with E-state index < -0.39 is 0 Å². The Labute approximate surface area is 186 Å². The minimum absolute atomic E-state index is 0. The van der Waals surface area contributed by atoms with Gasteiger partial charge in [0.15, 0.2) is 5.96 Å². The molecule has 0 radical (unpaired) electrons. The number of carbonyl (C=O) groups excluding carboxylic acids is 1. The Kier molecular flexibility index (Phi) is 8.85.